The molecule has 0 aliphatic heterocycles. The van der Waals surface area contributed by atoms with Crippen LogP contribution in [-0.4, -0.2) is 18.1 Å². The molecule has 7 heteroatoms. The lowest BCUT2D eigenvalue weighted by Crippen LogP contribution is -2.15. The molecule has 0 aliphatic carbocycles. The molecule has 15 heavy (non-hydrogen) atoms. The fourth-order valence-electron chi connectivity index (χ4n) is 0.909. The van der Waals surface area contributed by atoms with Crippen molar-refractivity contribution >= 4 is 5.97 Å². The highest BCUT2D eigenvalue weighted by molar-refractivity contribution is 5.89. The maximum atomic E-state index is 13.1. The second-order valence-corrected chi connectivity index (χ2v) is 2.51. The highest BCUT2D eigenvalue weighted by Crippen LogP contribution is 2.30. The SMILES string of the molecule is COC(=O)c1ccnc(C(F)(F)F)c1F. The van der Waals surface area contributed by atoms with Crippen molar-refractivity contribution in [3.05, 3.63) is 29.3 Å². The molecule has 1 aromatic rings. The zero-order valence-corrected chi connectivity index (χ0v) is 7.43. The van der Waals surface area contributed by atoms with Crippen LogP contribution in [0.3, 0.4) is 0 Å². The molecule has 0 unspecified atom stereocenters. The smallest absolute Gasteiger partial charge is 0.436 e. The van der Waals surface area contributed by atoms with Gasteiger partial charge < -0.3 is 4.74 Å². The second-order valence-electron chi connectivity index (χ2n) is 2.51. The number of aromatic nitrogens is 1. The van der Waals surface area contributed by atoms with E-state index in [1.807, 2.05) is 0 Å². The van der Waals surface area contributed by atoms with Crippen LogP contribution in [0.25, 0.3) is 0 Å². The van der Waals surface area contributed by atoms with Gasteiger partial charge in [-0.2, -0.15) is 13.2 Å². The number of methoxy groups -OCH3 is 1. The number of carbonyl (C=O) groups excluding carboxylic acids is 1. The Balaban J connectivity index is 3.30. The van der Waals surface area contributed by atoms with Crippen molar-refractivity contribution in [3.63, 3.8) is 0 Å². The van der Waals surface area contributed by atoms with Gasteiger partial charge in [-0.1, -0.05) is 0 Å². The highest BCUT2D eigenvalue weighted by Gasteiger charge is 2.37. The summed E-state index contributed by atoms with van der Waals surface area (Å²) in [7, 11) is 0.940. The molecule has 0 amide bonds. The van der Waals surface area contributed by atoms with E-state index in [2.05, 4.69) is 9.72 Å². The largest absolute Gasteiger partial charge is 0.465 e. The minimum Gasteiger partial charge on any atom is -0.465 e. The summed E-state index contributed by atoms with van der Waals surface area (Å²) in [5.74, 6) is -2.91. The number of ether oxygens (including phenoxy) is 1. The number of hydrogen-bond acceptors (Lipinski definition) is 3. The first-order valence-electron chi connectivity index (χ1n) is 3.68. The number of rotatable bonds is 1. The van der Waals surface area contributed by atoms with Gasteiger partial charge in [0.05, 0.1) is 12.7 Å². The predicted molar refractivity (Wildman–Crippen MR) is 40.5 cm³/mol. The molecule has 82 valence electrons. The maximum Gasteiger partial charge on any atom is 0.436 e. The van der Waals surface area contributed by atoms with Gasteiger partial charge in [-0.15, -0.1) is 0 Å². The van der Waals surface area contributed by atoms with E-state index in [1.165, 1.54) is 0 Å². The first-order chi connectivity index (χ1) is 6.88. The van der Waals surface area contributed by atoms with E-state index in [4.69, 9.17) is 0 Å². The topological polar surface area (TPSA) is 39.2 Å². The lowest BCUT2D eigenvalue weighted by atomic mass is 10.2. The molecule has 3 nitrogen and oxygen atoms in total. The average Bonchev–Trinajstić information content (AvgIpc) is 2.15. The average molecular weight is 223 g/mol. The summed E-state index contributed by atoms with van der Waals surface area (Å²) in [5, 5.41) is 0. The molecule has 1 rings (SSSR count). The summed E-state index contributed by atoms with van der Waals surface area (Å²) in [6.07, 6.45) is -4.24. The number of halogens is 4. The molecule has 0 radical (unpaired) electrons. The van der Waals surface area contributed by atoms with E-state index in [0.29, 0.717) is 6.20 Å². The predicted octanol–water partition coefficient (Wildman–Crippen LogP) is 2.03. The molecule has 0 fully saturated rings. The molecule has 0 N–H and O–H groups in total. The van der Waals surface area contributed by atoms with Crippen molar-refractivity contribution in [2.24, 2.45) is 0 Å². The lowest BCUT2D eigenvalue weighted by Gasteiger charge is -2.08. The molecule has 1 heterocycles. The molecule has 0 aliphatic rings. The maximum absolute atomic E-state index is 13.1. The fourth-order valence-corrected chi connectivity index (χ4v) is 0.909. The Bertz CT molecular complexity index is 389. The molecule has 1 aromatic heterocycles. The Morgan fingerprint density at radius 1 is 1.47 bits per heavy atom. The monoisotopic (exact) mass is 223 g/mol. The van der Waals surface area contributed by atoms with Crippen LogP contribution in [0.15, 0.2) is 12.3 Å². The molecule has 0 spiro atoms. The van der Waals surface area contributed by atoms with Gasteiger partial charge in [0.15, 0.2) is 11.5 Å². The van der Waals surface area contributed by atoms with Crippen LogP contribution in [0.4, 0.5) is 17.6 Å². The number of esters is 1. The lowest BCUT2D eigenvalue weighted by molar-refractivity contribution is -0.143. The van der Waals surface area contributed by atoms with Crippen molar-refractivity contribution in [2.45, 2.75) is 6.18 Å². The summed E-state index contributed by atoms with van der Waals surface area (Å²) in [5.41, 5.74) is -2.52. The first-order valence-corrected chi connectivity index (χ1v) is 3.68. The summed E-state index contributed by atoms with van der Waals surface area (Å²) >= 11 is 0. The molecule has 0 saturated heterocycles. The van der Waals surface area contributed by atoms with Crippen LogP contribution in [0.1, 0.15) is 16.1 Å². The van der Waals surface area contributed by atoms with Crippen molar-refractivity contribution in [2.75, 3.05) is 7.11 Å². The van der Waals surface area contributed by atoms with Gasteiger partial charge >= 0.3 is 12.1 Å². The zero-order valence-electron chi connectivity index (χ0n) is 7.43. The van der Waals surface area contributed by atoms with Crippen LogP contribution >= 0.6 is 0 Å². The van der Waals surface area contributed by atoms with Gasteiger partial charge in [0.1, 0.15) is 0 Å². The number of carbonyl (C=O) groups is 1. The number of pyridine rings is 1. The van der Waals surface area contributed by atoms with Crippen LogP contribution in [-0.2, 0) is 10.9 Å². The van der Waals surface area contributed by atoms with Crippen LogP contribution < -0.4 is 0 Å². The fraction of sp³-hybridized carbons (Fsp3) is 0.250. The van der Waals surface area contributed by atoms with E-state index in [-0.39, 0.29) is 0 Å². The Morgan fingerprint density at radius 2 is 2.07 bits per heavy atom. The van der Waals surface area contributed by atoms with Crippen LogP contribution in [0, 0.1) is 5.82 Å². The summed E-state index contributed by atoms with van der Waals surface area (Å²) in [6, 6.07) is 0.816. The molecule has 0 saturated carbocycles. The third-order valence-corrected chi connectivity index (χ3v) is 1.56. The Labute approximate surface area is 81.7 Å². The second kappa shape index (κ2) is 3.84. The third-order valence-electron chi connectivity index (χ3n) is 1.56. The molecule has 0 atom stereocenters. The van der Waals surface area contributed by atoms with Gasteiger partial charge in [-0.25, -0.2) is 14.2 Å². The normalized spacial score (nSPS) is 11.3. The van der Waals surface area contributed by atoms with Gasteiger partial charge in [0.2, 0.25) is 0 Å². The Kier molecular flexibility index (Phi) is 2.92. The van der Waals surface area contributed by atoms with Gasteiger partial charge in [-0.3, -0.25) is 0 Å². The number of alkyl halides is 3. The summed E-state index contributed by atoms with van der Waals surface area (Å²) in [6.45, 7) is 0. The van der Waals surface area contributed by atoms with Crippen molar-refractivity contribution in [1.82, 2.24) is 4.98 Å². The Hall–Kier alpha value is -1.66. The number of nitrogens with zero attached hydrogens (tertiary/aromatic N) is 1. The van der Waals surface area contributed by atoms with E-state index in [9.17, 15) is 22.4 Å². The molecular weight excluding hydrogens is 218 g/mol. The standard InChI is InChI=1S/C8H5F4NO2/c1-15-7(14)4-2-3-13-6(5(4)9)8(10,11)12/h2-3H,1H3. The highest BCUT2D eigenvalue weighted by atomic mass is 19.4. The van der Waals surface area contributed by atoms with Crippen molar-refractivity contribution in [1.29, 1.82) is 0 Å². The number of hydrogen-bond donors (Lipinski definition) is 0. The van der Waals surface area contributed by atoms with Gasteiger partial charge in [0, 0.05) is 6.20 Å². The quantitative estimate of drug-likeness (QED) is 0.540. The zero-order chi connectivity index (χ0) is 11.6. The van der Waals surface area contributed by atoms with Crippen LogP contribution in [0.5, 0.6) is 0 Å². The minimum absolute atomic E-state index is 0.693. The minimum atomic E-state index is -4.94. The van der Waals surface area contributed by atoms with E-state index in [1.54, 1.807) is 0 Å². The van der Waals surface area contributed by atoms with Crippen LogP contribution in [0.2, 0.25) is 0 Å². The molecule has 0 aromatic carbocycles. The Morgan fingerprint density at radius 3 is 2.53 bits per heavy atom. The van der Waals surface area contributed by atoms with Crippen molar-refractivity contribution < 1.29 is 27.1 Å². The molecular formula is C8H5F4NO2. The first kappa shape index (κ1) is 11.4. The van der Waals surface area contributed by atoms with E-state index >= 15 is 0 Å². The van der Waals surface area contributed by atoms with Crippen molar-refractivity contribution in [3.8, 4) is 0 Å². The molecule has 0 bridgehead atoms. The van der Waals surface area contributed by atoms with E-state index < -0.39 is 29.2 Å². The summed E-state index contributed by atoms with van der Waals surface area (Å²) in [4.78, 5) is 13.7. The van der Waals surface area contributed by atoms with E-state index in [0.717, 1.165) is 13.2 Å². The van der Waals surface area contributed by atoms with Gasteiger partial charge in [0.25, 0.3) is 0 Å². The third kappa shape index (κ3) is 2.23. The summed E-state index contributed by atoms with van der Waals surface area (Å²) < 4.78 is 53.7. The van der Waals surface area contributed by atoms with Gasteiger partial charge in [-0.05, 0) is 6.07 Å².